The quantitative estimate of drug-likeness (QED) is 0.574. The van der Waals surface area contributed by atoms with E-state index in [1.54, 1.807) is 19.3 Å². The Kier molecular flexibility index (Phi) is 1.81. The molecule has 0 aliphatic heterocycles. The average Bonchev–Trinajstić information content (AvgIpc) is 1.85. The van der Waals surface area contributed by atoms with Crippen LogP contribution in [0.1, 0.15) is 11.1 Å². The summed E-state index contributed by atoms with van der Waals surface area (Å²) >= 11 is 0. The van der Waals surface area contributed by atoms with Gasteiger partial charge in [0, 0.05) is 5.56 Å². The van der Waals surface area contributed by atoms with Gasteiger partial charge in [0.1, 0.15) is 5.82 Å². The summed E-state index contributed by atoms with van der Waals surface area (Å²) in [4.78, 5) is 10.0. The van der Waals surface area contributed by atoms with Crippen molar-refractivity contribution in [2.45, 2.75) is 6.92 Å². The molecule has 10 heavy (non-hydrogen) atoms. The third-order valence-electron chi connectivity index (χ3n) is 1.16. The van der Waals surface area contributed by atoms with E-state index in [4.69, 9.17) is 0 Å². The van der Waals surface area contributed by atoms with E-state index in [0.717, 1.165) is 11.6 Å². The van der Waals surface area contributed by atoms with Crippen LogP contribution in [0.3, 0.4) is 0 Å². The second kappa shape index (κ2) is 2.60. The van der Waals surface area contributed by atoms with Gasteiger partial charge in [-0.15, -0.1) is 0 Å². The first-order chi connectivity index (χ1) is 4.72. The average molecular weight is 137 g/mol. The van der Waals surface area contributed by atoms with E-state index in [1.807, 2.05) is 0 Å². The standard InChI is InChI=1S/C8H6FO/c1-6-2-7(5-10)4-8(9)3-6/h2-4H,1H3. The first-order valence-electron chi connectivity index (χ1n) is 2.88. The van der Waals surface area contributed by atoms with Crippen LogP contribution in [0.25, 0.3) is 0 Å². The van der Waals surface area contributed by atoms with Gasteiger partial charge in [0.25, 0.3) is 0 Å². The highest BCUT2D eigenvalue weighted by Gasteiger charge is 1.95. The number of benzene rings is 1. The topological polar surface area (TPSA) is 17.1 Å². The zero-order valence-electron chi connectivity index (χ0n) is 5.52. The summed E-state index contributed by atoms with van der Waals surface area (Å²) in [5, 5.41) is 0. The summed E-state index contributed by atoms with van der Waals surface area (Å²) in [6.45, 7) is 1.73. The van der Waals surface area contributed by atoms with Crippen LogP contribution in [0.5, 0.6) is 0 Å². The lowest BCUT2D eigenvalue weighted by Crippen LogP contribution is -1.84. The second-order valence-electron chi connectivity index (χ2n) is 2.12. The molecular formula is C8H6FO. The molecule has 1 radical (unpaired) electrons. The fourth-order valence-electron chi connectivity index (χ4n) is 0.795. The fourth-order valence-corrected chi connectivity index (χ4v) is 0.795. The highest BCUT2D eigenvalue weighted by Crippen LogP contribution is 2.05. The molecule has 0 bridgehead atoms. The summed E-state index contributed by atoms with van der Waals surface area (Å²) in [5.41, 5.74) is 0.996. The lowest BCUT2D eigenvalue weighted by Gasteiger charge is -1.92. The van der Waals surface area contributed by atoms with E-state index >= 15 is 0 Å². The molecule has 0 aliphatic carbocycles. The minimum absolute atomic E-state index is 0.262. The van der Waals surface area contributed by atoms with Crippen molar-refractivity contribution in [3.63, 3.8) is 0 Å². The summed E-state index contributed by atoms with van der Waals surface area (Å²) < 4.78 is 12.4. The number of hydrogen-bond donors (Lipinski definition) is 0. The van der Waals surface area contributed by atoms with Crippen LogP contribution >= 0.6 is 0 Å². The van der Waals surface area contributed by atoms with Gasteiger partial charge in [-0.25, -0.2) is 4.39 Å². The van der Waals surface area contributed by atoms with Gasteiger partial charge in [0.2, 0.25) is 6.29 Å². The number of carbonyl (C=O) groups excluding carboxylic acids is 1. The van der Waals surface area contributed by atoms with Crippen molar-refractivity contribution in [1.29, 1.82) is 0 Å². The molecule has 1 rings (SSSR count). The van der Waals surface area contributed by atoms with Crippen LogP contribution in [-0.4, -0.2) is 6.29 Å². The molecule has 0 saturated heterocycles. The van der Waals surface area contributed by atoms with Gasteiger partial charge < -0.3 is 0 Å². The Bertz CT molecular complexity index is 235. The van der Waals surface area contributed by atoms with Crippen molar-refractivity contribution in [3.8, 4) is 0 Å². The Labute approximate surface area is 58.5 Å². The number of rotatable bonds is 1. The highest BCUT2D eigenvalue weighted by molar-refractivity contribution is 5.75. The lowest BCUT2D eigenvalue weighted by atomic mass is 10.1. The first-order valence-corrected chi connectivity index (χ1v) is 2.88. The third kappa shape index (κ3) is 1.41. The molecule has 0 saturated carbocycles. The molecule has 51 valence electrons. The number of halogens is 1. The fraction of sp³-hybridized carbons (Fsp3) is 0.125. The maximum Gasteiger partial charge on any atom is 0.233 e. The van der Waals surface area contributed by atoms with Gasteiger partial charge in [-0.1, -0.05) is 0 Å². The van der Waals surface area contributed by atoms with Crippen LogP contribution in [0, 0.1) is 12.7 Å². The summed E-state index contributed by atoms with van der Waals surface area (Å²) in [6.07, 6.45) is 1.62. The van der Waals surface area contributed by atoms with Crippen molar-refractivity contribution in [2.24, 2.45) is 0 Å². The maximum atomic E-state index is 12.4. The van der Waals surface area contributed by atoms with E-state index in [0.29, 0.717) is 0 Å². The molecule has 0 aliphatic rings. The molecule has 1 aromatic carbocycles. The molecule has 0 amide bonds. The Hall–Kier alpha value is -1.18. The predicted octanol–water partition coefficient (Wildman–Crippen LogP) is 1.59. The van der Waals surface area contributed by atoms with E-state index < -0.39 is 5.82 Å². The largest absolute Gasteiger partial charge is 0.285 e. The minimum atomic E-state index is -0.390. The van der Waals surface area contributed by atoms with Crippen molar-refractivity contribution in [1.82, 2.24) is 0 Å². The SMILES string of the molecule is Cc1cc(F)cc([C]=O)c1. The van der Waals surface area contributed by atoms with Crippen LogP contribution < -0.4 is 0 Å². The third-order valence-corrected chi connectivity index (χ3v) is 1.16. The second-order valence-corrected chi connectivity index (χ2v) is 2.12. The van der Waals surface area contributed by atoms with E-state index in [-0.39, 0.29) is 5.56 Å². The normalized spacial score (nSPS) is 9.40. The van der Waals surface area contributed by atoms with Crippen LogP contribution in [-0.2, 0) is 4.79 Å². The van der Waals surface area contributed by atoms with Gasteiger partial charge in [-0.05, 0) is 30.7 Å². The zero-order chi connectivity index (χ0) is 7.56. The van der Waals surface area contributed by atoms with Gasteiger partial charge in [0.15, 0.2) is 0 Å². The smallest absolute Gasteiger partial charge is 0.233 e. The Morgan fingerprint density at radius 3 is 2.60 bits per heavy atom. The molecule has 1 aromatic rings. The molecule has 2 heteroatoms. The zero-order valence-corrected chi connectivity index (χ0v) is 5.52. The molecule has 0 fully saturated rings. The van der Waals surface area contributed by atoms with Gasteiger partial charge in [-0.3, -0.25) is 4.79 Å². The lowest BCUT2D eigenvalue weighted by molar-refractivity contribution is 0.561. The highest BCUT2D eigenvalue weighted by atomic mass is 19.1. The van der Waals surface area contributed by atoms with E-state index in [1.165, 1.54) is 6.07 Å². The van der Waals surface area contributed by atoms with Crippen LogP contribution in [0.15, 0.2) is 18.2 Å². The first kappa shape index (κ1) is 6.93. The molecule has 1 nitrogen and oxygen atoms in total. The van der Waals surface area contributed by atoms with Crippen molar-refractivity contribution in [3.05, 3.63) is 35.1 Å². The van der Waals surface area contributed by atoms with Crippen LogP contribution in [0.4, 0.5) is 4.39 Å². The Balaban J connectivity index is 3.18. The number of aryl methyl sites for hydroxylation is 1. The maximum absolute atomic E-state index is 12.4. The summed E-state index contributed by atoms with van der Waals surface area (Å²) in [7, 11) is 0. The molecule has 0 N–H and O–H groups in total. The molecule has 0 spiro atoms. The van der Waals surface area contributed by atoms with E-state index in [9.17, 15) is 9.18 Å². The number of hydrogen-bond acceptors (Lipinski definition) is 1. The summed E-state index contributed by atoms with van der Waals surface area (Å²) in [5.74, 6) is -0.390. The van der Waals surface area contributed by atoms with Gasteiger partial charge in [-0.2, -0.15) is 0 Å². The van der Waals surface area contributed by atoms with Gasteiger partial charge >= 0.3 is 0 Å². The molecule has 0 aromatic heterocycles. The van der Waals surface area contributed by atoms with Gasteiger partial charge in [0.05, 0.1) is 0 Å². The Morgan fingerprint density at radius 2 is 2.10 bits per heavy atom. The van der Waals surface area contributed by atoms with Crippen molar-refractivity contribution >= 4 is 6.29 Å². The Morgan fingerprint density at radius 1 is 1.40 bits per heavy atom. The van der Waals surface area contributed by atoms with Crippen molar-refractivity contribution in [2.75, 3.05) is 0 Å². The molecular weight excluding hydrogens is 131 g/mol. The summed E-state index contributed by atoms with van der Waals surface area (Å²) in [6, 6.07) is 4.09. The molecule has 0 atom stereocenters. The van der Waals surface area contributed by atoms with Crippen molar-refractivity contribution < 1.29 is 9.18 Å². The van der Waals surface area contributed by atoms with Crippen LogP contribution in [0.2, 0.25) is 0 Å². The monoisotopic (exact) mass is 137 g/mol. The van der Waals surface area contributed by atoms with E-state index in [2.05, 4.69) is 0 Å². The minimum Gasteiger partial charge on any atom is -0.285 e. The molecule has 0 heterocycles. The predicted molar refractivity (Wildman–Crippen MR) is 35.9 cm³/mol. The molecule has 0 unspecified atom stereocenters.